The average Bonchev–Trinajstić information content (AvgIpc) is 2.35. The van der Waals surface area contributed by atoms with Gasteiger partial charge in [-0.1, -0.05) is 19.1 Å². The number of hydrogen-bond acceptors (Lipinski definition) is 4. The molecular weight excluding hydrogens is 272 g/mol. The van der Waals surface area contributed by atoms with Crippen molar-refractivity contribution >= 4 is 46.6 Å². The van der Waals surface area contributed by atoms with E-state index >= 15 is 0 Å². The molecule has 98 valence electrons. The second-order valence-corrected chi connectivity index (χ2v) is 7.33. The topological polar surface area (TPSA) is 55.1 Å². The van der Waals surface area contributed by atoms with Crippen LogP contribution in [0.5, 0.6) is 0 Å². The van der Waals surface area contributed by atoms with E-state index in [2.05, 4.69) is 5.32 Å². The molecule has 0 radical (unpaired) electrons. The molecule has 1 saturated heterocycles. The third kappa shape index (κ3) is 4.03. The minimum absolute atomic E-state index is 0.0383. The summed E-state index contributed by atoms with van der Waals surface area (Å²) in [7, 11) is 0. The minimum Gasteiger partial charge on any atom is -0.392 e. The number of carbonyl (C=O) groups excluding carboxylic acids is 1. The molecule has 0 aliphatic carbocycles. The normalized spacial score (nSPS) is 23.8. The molecule has 6 heteroatoms. The Kier molecular flexibility index (Phi) is 6.09. The van der Waals surface area contributed by atoms with Crippen LogP contribution in [0.15, 0.2) is 0 Å². The summed E-state index contributed by atoms with van der Waals surface area (Å²) >= 11 is 8.87. The van der Waals surface area contributed by atoms with Crippen LogP contribution >= 0.6 is 35.7 Å². The van der Waals surface area contributed by atoms with Gasteiger partial charge in [0.05, 0.1) is 10.4 Å². The van der Waals surface area contributed by atoms with E-state index in [-0.39, 0.29) is 10.9 Å². The number of carbonyl (C=O) groups is 1. The van der Waals surface area contributed by atoms with Gasteiger partial charge in [0.15, 0.2) is 0 Å². The number of thioether (sulfide) groups is 2. The molecule has 0 spiro atoms. The van der Waals surface area contributed by atoms with Crippen LogP contribution in [0.4, 0.5) is 0 Å². The maximum atomic E-state index is 12.1. The fourth-order valence-corrected chi connectivity index (χ4v) is 4.35. The number of hydrogen-bond donors (Lipinski definition) is 2. The van der Waals surface area contributed by atoms with Crippen LogP contribution in [0.2, 0.25) is 0 Å². The third-order valence-electron chi connectivity index (χ3n) is 3.13. The molecule has 1 heterocycles. The lowest BCUT2D eigenvalue weighted by atomic mass is 9.86. The zero-order chi connectivity index (χ0) is 12.9. The number of thiocarbonyl (C=S) groups is 1. The average molecular weight is 292 g/mol. The summed E-state index contributed by atoms with van der Waals surface area (Å²) in [5.74, 6) is 3.46. The Hall–Kier alpha value is 0.0600. The van der Waals surface area contributed by atoms with Crippen LogP contribution in [-0.2, 0) is 4.79 Å². The first-order valence-electron chi connectivity index (χ1n) is 5.78. The summed E-state index contributed by atoms with van der Waals surface area (Å²) in [6.07, 6.45) is 0.640. The van der Waals surface area contributed by atoms with Gasteiger partial charge in [0.1, 0.15) is 0 Å². The summed E-state index contributed by atoms with van der Waals surface area (Å²) in [6.45, 7) is 4.46. The molecule has 0 bridgehead atoms. The Bertz CT molecular complexity index is 292. The van der Waals surface area contributed by atoms with Crippen molar-refractivity contribution < 1.29 is 4.79 Å². The van der Waals surface area contributed by atoms with Crippen molar-refractivity contribution in [2.45, 2.75) is 25.5 Å². The first kappa shape index (κ1) is 15.1. The predicted molar refractivity (Wildman–Crippen MR) is 81.8 cm³/mol. The summed E-state index contributed by atoms with van der Waals surface area (Å²) in [5.41, 5.74) is 4.95. The zero-order valence-electron chi connectivity index (χ0n) is 10.3. The second-order valence-electron chi connectivity index (χ2n) is 4.33. The smallest absolute Gasteiger partial charge is 0.232 e. The van der Waals surface area contributed by atoms with E-state index < -0.39 is 5.41 Å². The lowest BCUT2D eigenvalue weighted by Gasteiger charge is -2.27. The van der Waals surface area contributed by atoms with Crippen molar-refractivity contribution in [3.63, 3.8) is 0 Å². The monoisotopic (exact) mass is 292 g/mol. The molecule has 1 amide bonds. The summed E-state index contributed by atoms with van der Waals surface area (Å²) in [5, 5.41) is 3.50. The van der Waals surface area contributed by atoms with Gasteiger partial charge < -0.3 is 11.1 Å². The van der Waals surface area contributed by atoms with Crippen molar-refractivity contribution in [1.82, 2.24) is 5.32 Å². The lowest BCUT2D eigenvalue weighted by Crippen LogP contribution is -2.48. The largest absolute Gasteiger partial charge is 0.392 e. The van der Waals surface area contributed by atoms with Crippen molar-refractivity contribution in [3.05, 3.63) is 0 Å². The summed E-state index contributed by atoms with van der Waals surface area (Å²) in [4.78, 5) is 12.4. The summed E-state index contributed by atoms with van der Waals surface area (Å²) in [6, 6.07) is 0. The number of amides is 1. The van der Waals surface area contributed by atoms with Crippen LogP contribution in [0, 0.1) is 5.41 Å². The first-order valence-corrected chi connectivity index (χ1v) is 8.39. The number of nitrogens with one attached hydrogen (secondary N) is 1. The molecule has 3 nitrogen and oxygen atoms in total. The zero-order valence-corrected chi connectivity index (χ0v) is 12.8. The van der Waals surface area contributed by atoms with E-state index in [1.807, 2.05) is 37.4 Å². The maximum absolute atomic E-state index is 12.1. The van der Waals surface area contributed by atoms with Gasteiger partial charge in [-0.25, -0.2) is 0 Å². The number of nitrogens with two attached hydrogens (primary N) is 1. The van der Waals surface area contributed by atoms with E-state index in [4.69, 9.17) is 18.0 Å². The Morgan fingerprint density at radius 3 is 2.76 bits per heavy atom. The molecule has 0 aromatic rings. The number of rotatable bonds is 5. The van der Waals surface area contributed by atoms with E-state index in [9.17, 15) is 4.79 Å². The minimum atomic E-state index is -0.707. The molecule has 0 aromatic heterocycles. The van der Waals surface area contributed by atoms with Gasteiger partial charge in [-0.3, -0.25) is 4.79 Å². The SMILES string of the molecule is CCC(C)(C(=O)NCC1CSCCS1)C(N)=S. The van der Waals surface area contributed by atoms with Crippen LogP contribution in [0.3, 0.4) is 0 Å². The molecule has 0 saturated carbocycles. The third-order valence-corrected chi connectivity index (χ3v) is 6.42. The van der Waals surface area contributed by atoms with Gasteiger partial charge >= 0.3 is 0 Å². The van der Waals surface area contributed by atoms with Gasteiger partial charge in [0.25, 0.3) is 0 Å². The molecule has 3 N–H and O–H groups in total. The Balaban J connectivity index is 2.44. The molecule has 0 aromatic carbocycles. The van der Waals surface area contributed by atoms with Crippen LogP contribution in [-0.4, -0.2) is 39.9 Å². The van der Waals surface area contributed by atoms with Gasteiger partial charge in [0, 0.05) is 29.1 Å². The van der Waals surface area contributed by atoms with E-state index in [1.54, 1.807) is 0 Å². The maximum Gasteiger partial charge on any atom is 0.232 e. The molecule has 1 rings (SSSR count). The highest BCUT2D eigenvalue weighted by Gasteiger charge is 2.34. The highest BCUT2D eigenvalue weighted by Crippen LogP contribution is 2.25. The molecule has 2 unspecified atom stereocenters. The van der Waals surface area contributed by atoms with Gasteiger partial charge in [-0.05, 0) is 13.3 Å². The first-order chi connectivity index (χ1) is 8.00. The van der Waals surface area contributed by atoms with Gasteiger partial charge in [-0.15, -0.1) is 0 Å². The lowest BCUT2D eigenvalue weighted by molar-refractivity contribution is -0.126. The molecule has 2 atom stereocenters. The van der Waals surface area contributed by atoms with Crippen molar-refractivity contribution in [1.29, 1.82) is 0 Å². The fraction of sp³-hybridized carbons (Fsp3) is 0.818. The van der Waals surface area contributed by atoms with Crippen LogP contribution in [0.25, 0.3) is 0 Å². The molecule has 1 fully saturated rings. The standard InChI is InChI=1S/C11H20N2OS3/c1-3-11(2,9(12)15)10(14)13-6-8-7-16-4-5-17-8/h8H,3-7H2,1-2H3,(H2,12,15)(H,13,14). The van der Waals surface area contributed by atoms with Crippen LogP contribution in [0.1, 0.15) is 20.3 Å². The van der Waals surface area contributed by atoms with Crippen molar-refractivity contribution in [2.24, 2.45) is 11.1 Å². The van der Waals surface area contributed by atoms with Crippen molar-refractivity contribution in [2.75, 3.05) is 23.8 Å². The molecule has 1 aliphatic heterocycles. The highest BCUT2D eigenvalue weighted by molar-refractivity contribution is 8.06. The Morgan fingerprint density at radius 1 is 1.59 bits per heavy atom. The second kappa shape index (κ2) is 6.85. The van der Waals surface area contributed by atoms with Gasteiger partial charge in [0.2, 0.25) is 5.91 Å². The summed E-state index contributed by atoms with van der Waals surface area (Å²) < 4.78 is 0. The molecule has 17 heavy (non-hydrogen) atoms. The Morgan fingerprint density at radius 2 is 2.29 bits per heavy atom. The Labute approximate surface area is 117 Å². The van der Waals surface area contributed by atoms with Gasteiger partial charge in [-0.2, -0.15) is 23.5 Å². The van der Waals surface area contributed by atoms with Crippen molar-refractivity contribution in [3.8, 4) is 0 Å². The fourth-order valence-electron chi connectivity index (χ4n) is 1.50. The highest BCUT2D eigenvalue weighted by atomic mass is 32.2. The van der Waals surface area contributed by atoms with E-state index in [1.165, 1.54) is 11.5 Å². The molecule has 1 aliphatic rings. The van der Waals surface area contributed by atoms with E-state index in [0.717, 1.165) is 5.75 Å². The predicted octanol–water partition coefficient (Wildman–Crippen LogP) is 1.65. The van der Waals surface area contributed by atoms with Crippen LogP contribution < -0.4 is 11.1 Å². The van der Waals surface area contributed by atoms with E-state index in [0.29, 0.717) is 18.2 Å². The quantitative estimate of drug-likeness (QED) is 0.755. The molecular formula is C11H20N2OS3.